The largest absolute Gasteiger partial charge is 0.324 e. The molecule has 0 spiro atoms. The van der Waals surface area contributed by atoms with Crippen LogP contribution in [0.2, 0.25) is 5.02 Å². The molecule has 1 atom stereocenters. The molecule has 21 heavy (non-hydrogen) atoms. The molecule has 1 unspecified atom stereocenters. The standard InChI is InChI=1S/C15H17ClN2O2S/c1-10(2)15(11-3-5-12(16)6-4-11)17-9-13-7-8-14(21-13)18(19)20/h3-8,10,15,17H,9H2,1-2H3. The minimum Gasteiger partial charge on any atom is -0.305 e. The summed E-state index contributed by atoms with van der Waals surface area (Å²) in [6.07, 6.45) is 0. The van der Waals surface area contributed by atoms with E-state index in [9.17, 15) is 10.1 Å². The van der Waals surface area contributed by atoms with E-state index in [-0.39, 0.29) is 16.0 Å². The summed E-state index contributed by atoms with van der Waals surface area (Å²) in [7, 11) is 0. The van der Waals surface area contributed by atoms with Crippen LogP contribution >= 0.6 is 22.9 Å². The summed E-state index contributed by atoms with van der Waals surface area (Å²) in [5.74, 6) is 0.404. The minimum absolute atomic E-state index is 0.180. The molecule has 1 aromatic carbocycles. The van der Waals surface area contributed by atoms with E-state index in [1.807, 2.05) is 24.3 Å². The predicted octanol–water partition coefficient (Wildman–Crippen LogP) is 4.80. The van der Waals surface area contributed by atoms with Gasteiger partial charge in [-0.25, -0.2) is 0 Å². The molecule has 4 nitrogen and oxygen atoms in total. The molecular formula is C15H17ClN2O2S. The van der Waals surface area contributed by atoms with Crippen LogP contribution in [0.15, 0.2) is 36.4 Å². The van der Waals surface area contributed by atoms with Crippen molar-refractivity contribution in [3.8, 4) is 0 Å². The Kier molecular flexibility index (Phi) is 5.33. The van der Waals surface area contributed by atoms with Crippen molar-refractivity contribution in [2.24, 2.45) is 5.92 Å². The highest BCUT2D eigenvalue weighted by Gasteiger charge is 2.16. The summed E-state index contributed by atoms with van der Waals surface area (Å²) in [5.41, 5.74) is 1.17. The number of halogens is 1. The molecule has 112 valence electrons. The van der Waals surface area contributed by atoms with Crippen LogP contribution in [0.1, 0.15) is 30.3 Å². The third kappa shape index (κ3) is 4.27. The molecule has 1 N–H and O–H groups in total. The van der Waals surface area contributed by atoms with Crippen molar-refractivity contribution < 1.29 is 4.92 Å². The Hall–Kier alpha value is -1.43. The van der Waals surface area contributed by atoms with Gasteiger partial charge in [-0.15, -0.1) is 0 Å². The van der Waals surface area contributed by atoms with Gasteiger partial charge in [-0.1, -0.05) is 48.9 Å². The van der Waals surface area contributed by atoms with Crippen molar-refractivity contribution in [1.82, 2.24) is 5.32 Å². The Morgan fingerprint density at radius 3 is 2.43 bits per heavy atom. The Morgan fingerprint density at radius 1 is 1.24 bits per heavy atom. The summed E-state index contributed by atoms with van der Waals surface area (Å²) in [6.45, 7) is 4.90. The van der Waals surface area contributed by atoms with Crippen LogP contribution in [-0.4, -0.2) is 4.92 Å². The second-order valence-electron chi connectivity index (χ2n) is 5.15. The zero-order valence-corrected chi connectivity index (χ0v) is 13.4. The van der Waals surface area contributed by atoms with Crippen LogP contribution in [0, 0.1) is 16.0 Å². The first kappa shape index (κ1) is 15.9. The van der Waals surface area contributed by atoms with Crippen molar-refractivity contribution in [2.75, 3.05) is 0 Å². The summed E-state index contributed by atoms with van der Waals surface area (Å²) in [5, 5.41) is 15.1. The predicted molar refractivity (Wildman–Crippen MR) is 86.8 cm³/mol. The highest BCUT2D eigenvalue weighted by atomic mass is 35.5. The van der Waals surface area contributed by atoms with Gasteiger partial charge in [-0.05, 0) is 29.7 Å². The summed E-state index contributed by atoms with van der Waals surface area (Å²) >= 11 is 7.13. The van der Waals surface area contributed by atoms with Crippen molar-refractivity contribution >= 4 is 27.9 Å². The number of nitrogens with zero attached hydrogens (tertiary/aromatic N) is 1. The number of nitro groups is 1. The average molecular weight is 325 g/mol. The lowest BCUT2D eigenvalue weighted by Crippen LogP contribution is -2.24. The molecule has 0 radical (unpaired) electrons. The van der Waals surface area contributed by atoms with Gasteiger partial charge in [-0.3, -0.25) is 10.1 Å². The second kappa shape index (κ2) is 7.02. The Morgan fingerprint density at radius 2 is 1.90 bits per heavy atom. The van der Waals surface area contributed by atoms with Gasteiger partial charge in [0.15, 0.2) is 0 Å². The molecule has 0 amide bonds. The maximum atomic E-state index is 10.7. The lowest BCUT2D eigenvalue weighted by molar-refractivity contribution is -0.380. The number of rotatable bonds is 6. The molecule has 0 saturated carbocycles. The van der Waals surface area contributed by atoms with Crippen LogP contribution in [0.3, 0.4) is 0 Å². The third-order valence-corrected chi connectivity index (χ3v) is 4.51. The molecule has 0 aliphatic rings. The first-order chi connectivity index (χ1) is 9.97. The van der Waals surface area contributed by atoms with Gasteiger partial charge in [0.2, 0.25) is 0 Å². The van der Waals surface area contributed by atoms with Gasteiger partial charge in [0.1, 0.15) is 0 Å². The number of hydrogen-bond acceptors (Lipinski definition) is 4. The van der Waals surface area contributed by atoms with Crippen LogP contribution in [-0.2, 0) is 6.54 Å². The highest BCUT2D eigenvalue weighted by Crippen LogP contribution is 2.27. The average Bonchev–Trinajstić information content (AvgIpc) is 2.90. The fourth-order valence-corrected chi connectivity index (χ4v) is 3.08. The SMILES string of the molecule is CC(C)C(NCc1ccc([N+](=O)[O-])s1)c1ccc(Cl)cc1. The normalized spacial score (nSPS) is 12.6. The highest BCUT2D eigenvalue weighted by molar-refractivity contribution is 7.15. The van der Waals surface area contributed by atoms with Crippen molar-refractivity contribution in [2.45, 2.75) is 26.4 Å². The van der Waals surface area contributed by atoms with E-state index < -0.39 is 0 Å². The van der Waals surface area contributed by atoms with E-state index in [1.165, 1.54) is 16.9 Å². The van der Waals surface area contributed by atoms with E-state index in [0.29, 0.717) is 12.5 Å². The lowest BCUT2D eigenvalue weighted by atomic mass is 9.96. The number of nitrogens with one attached hydrogen (secondary N) is 1. The van der Waals surface area contributed by atoms with Crippen LogP contribution < -0.4 is 5.32 Å². The Bertz CT molecular complexity index is 610. The quantitative estimate of drug-likeness (QED) is 0.613. The molecule has 2 rings (SSSR count). The molecule has 6 heteroatoms. The molecule has 0 bridgehead atoms. The molecule has 1 heterocycles. The fraction of sp³-hybridized carbons (Fsp3) is 0.333. The molecule has 2 aromatic rings. The molecule has 0 saturated heterocycles. The van der Waals surface area contributed by atoms with Crippen LogP contribution in [0.5, 0.6) is 0 Å². The molecule has 0 aliphatic carbocycles. The van der Waals surface area contributed by atoms with Crippen molar-refractivity contribution in [3.63, 3.8) is 0 Å². The van der Waals surface area contributed by atoms with Gasteiger partial charge >= 0.3 is 5.00 Å². The van der Waals surface area contributed by atoms with Gasteiger partial charge in [0.05, 0.1) is 4.92 Å². The van der Waals surface area contributed by atoms with Gasteiger partial charge in [-0.2, -0.15) is 0 Å². The smallest absolute Gasteiger partial charge is 0.305 e. The minimum atomic E-state index is -0.354. The van der Waals surface area contributed by atoms with E-state index in [0.717, 1.165) is 9.90 Å². The number of thiophene rings is 1. The molecule has 0 aliphatic heterocycles. The summed E-state index contributed by atoms with van der Waals surface area (Å²) in [6, 6.07) is 11.3. The zero-order chi connectivity index (χ0) is 15.4. The van der Waals surface area contributed by atoms with Crippen LogP contribution in [0.4, 0.5) is 5.00 Å². The van der Waals surface area contributed by atoms with E-state index in [2.05, 4.69) is 19.2 Å². The topological polar surface area (TPSA) is 55.2 Å². The van der Waals surface area contributed by atoms with E-state index >= 15 is 0 Å². The van der Waals surface area contributed by atoms with Crippen LogP contribution in [0.25, 0.3) is 0 Å². The summed E-state index contributed by atoms with van der Waals surface area (Å²) in [4.78, 5) is 11.3. The molecule has 0 fully saturated rings. The van der Waals surface area contributed by atoms with Crippen molar-refractivity contribution in [1.29, 1.82) is 0 Å². The maximum Gasteiger partial charge on any atom is 0.324 e. The van der Waals surface area contributed by atoms with E-state index in [1.54, 1.807) is 12.1 Å². The third-order valence-electron chi connectivity index (χ3n) is 3.22. The second-order valence-corrected chi connectivity index (χ2v) is 6.73. The molecule has 1 aromatic heterocycles. The van der Waals surface area contributed by atoms with Gasteiger partial charge < -0.3 is 5.32 Å². The van der Waals surface area contributed by atoms with Crippen molar-refractivity contribution in [3.05, 3.63) is 62.0 Å². The van der Waals surface area contributed by atoms with Gasteiger partial charge in [0, 0.05) is 28.6 Å². The van der Waals surface area contributed by atoms with E-state index in [4.69, 9.17) is 11.6 Å². The Balaban J connectivity index is 2.06. The lowest BCUT2D eigenvalue weighted by Gasteiger charge is -2.22. The zero-order valence-electron chi connectivity index (χ0n) is 11.9. The first-order valence-electron chi connectivity index (χ1n) is 6.69. The monoisotopic (exact) mass is 324 g/mol. The number of hydrogen-bond donors (Lipinski definition) is 1. The maximum absolute atomic E-state index is 10.7. The first-order valence-corrected chi connectivity index (χ1v) is 7.88. The fourth-order valence-electron chi connectivity index (χ4n) is 2.18. The van der Waals surface area contributed by atoms with Gasteiger partial charge in [0.25, 0.3) is 0 Å². The summed E-state index contributed by atoms with van der Waals surface area (Å²) < 4.78 is 0. The molecular weight excluding hydrogens is 308 g/mol. The number of benzene rings is 1. The Labute approximate surface area is 132 Å².